The van der Waals surface area contributed by atoms with E-state index < -0.39 is 24.5 Å². The number of hydrogen-bond donors (Lipinski definition) is 2. The molecule has 0 aliphatic rings. The fourth-order valence-electron chi connectivity index (χ4n) is 2.56. The monoisotopic (exact) mass is 392 g/mol. The van der Waals surface area contributed by atoms with Gasteiger partial charge in [-0.1, -0.05) is 48.5 Å². The lowest BCUT2D eigenvalue weighted by Crippen LogP contribution is -2.37. The third kappa shape index (κ3) is 6.35. The number of amides is 3. The van der Waals surface area contributed by atoms with Crippen molar-refractivity contribution >= 4 is 23.6 Å². The number of furan rings is 1. The largest absolute Gasteiger partial charge is 0.461 e. The Morgan fingerprint density at radius 3 is 2.28 bits per heavy atom. The van der Waals surface area contributed by atoms with Crippen LogP contribution in [0.3, 0.4) is 0 Å². The number of carbonyl (C=O) groups is 3. The third-order valence-corrected chi connectivity index (χ3v) is 3.94. The number of para-hydroxylation sites is 1. The minimum absolute atomic E-state index is 0.0607. The highest BCUT2D eigenvalue weighted by Crippen LogP contribution is 2.22. The molecule has 2 aromatic carbocycles. The molecule has 7 nitrogen and oxygen atoms in total. The van der Waals surface area contributed by atoms with E-state index in [1.165, 1.54) is 0 Å². The normalized spacial score (nSPS) is 10.2. The molecule has 0 saturated carbocycles. The van der Waals surface area contributed by atoms with Gasteiger partial charge >= 0.3 is 12.0 Å². The number of esters is 1. The number of rotatable bonds is 7. The summed E-state index contributed by atoms with van der Waals surface area (Å²) in [6, 6.07) is 21.2. The lowest BCUT2D eigenvalue weighted by molar-refractivity contribution is -0.148. The topological polar surface area (TPSA) is 97.6 Å². The van der Waals surface area contributed by atoms with Crippen LogP contribution < -0.4 is 10.6 Å². The number of hydrogen-bond acceptors (Lipinski definition) is 5. The first-order chi connectivity index (χ1) is 14.1. The number of aryl methyl sites for hydroxylation is 1. The average molecular weight is 392 g/mol. The maximum absolute atomic E-state index is 11.8. The summed E-state index contributed by atoms with van der Waals surface area (Å²) in [6.07, 6.45) is 0.410. The van der Waals surface area contributed by atoms with Crippen LogP contribution >= 0.6 is 0 Å². The van der Waals surface area contributed by atoms with Gasteiger partial charge < -0.3 is 14.5 Å². The van der Waals surface area contributed by atoms with Crippen molar-refractivity contribution in [1.29, 1.82) is 0 Å². The first-order valence-electron chi connectivity index (χ1n) is 9.06. The number of ether oxygens (including phenoxy) is 1. The maximum Gasteiger partial charge on any atom is 0.325 e. The first-order valence-corrected chi connectivity index (χ1v) is 9.06. The molecule has 0 atom stereocenters. The van der Waals surface area contributed by atoms with Gasteiger partial charge in [-0.05, 0) is 24.3 Å². The summed E-state index contributed by atoms with van der Waals surface area (Å²) in [4.78, 5) is 35.2. The molecule has 148 valence electrons. The summed E-state index contributed by atoms with van der Waals surface area (Å²) in [5, 5.41) is 4.59. The Bertz CT molecular complexity index is 967. The van der Waals surface area contributed by atoms with Gasteiger partial charge in [-0.2, -0.15) is 0 Å². The van der Waals surface area contributed by atoms with Crippen molar-refractivity contribution in [3.8, 4) is 11.3 Å². The van der Waals surface area contributed by atoms with Gasteiger partial charge in [0.25, 0.3) is 5.91 Å². The Balaban J connectivity index is 1.37. The summed E-state index contributed by atoms with van der Waals surface area (Å²) in [6.45, 7) is -0.533. The standard InChI is InChI=1S/C22H20N2O5/c25-20(24-22(27)23-17-9-5-2-6-10-17)15-28-21(26)14-12-18-11-13-19(29-18)16-7-3-1-4-8-16/h1-11,13H,12,14-15H2,(H2,23,24,25,27). The number of urea groups is 1. The van der Waals surface area contributed by atoms with Crippen LogP contribution in [0.4, 0.5) is 10.5 Å². The minimum Gasteiger partial charge on any atom is -0.461 e. The molecule has 0 aliphatic heterocycles. The summed E-state index contributed by atoms with van der Waals surface area (Å²) in [5.41, 5.74) is 1.50. The highest BCUT2D eigenvalue weighted by Gasteiger charge is 2.12. The number of benzene rings is 2. The molecule has 29 heavy (non-hydrogen) atoms. The van der Waals surface area contributed by atoms with Crippen LogP contribution in [0.1, 0.15) is 12.2 Å². The molecule has 0 fully saturated rings. The van der Waals surface area contributed by atoms with Gasteiger partial charge in [-0.15, -0.1) is 0 Å². The predicted octanol–water partition coefficient (Wildman–Crippen LogP) is 3.77. The second-order valence-corrected chi connectivity index (χ2v) is 6.16. The van der Waals surface area contributed by atoms with E-state index in [0.717, 1.165) is 11.3 Å². The maximum atomic E-state index is 11.8. The highest BCUT2D eigenvalue weighted by atomic mass is 16.5. The molecule has 0 spiro atoms. The second kappa shape index (κ2) is 9.89. The lowest BCUT2D eigenvalue weighted by Gasteiger charge is -2.07. The molecule has 1 aromatic heterocycles. The van der Waals surface area contributed by atoms with Crippen molar-refractivity contribution in [2.75, 3.05) is 11.9 Å². The van der Waals surface area contributed by atoms with Crippen LogP contribution in [0.2, 0.25) is 0 Å². The number of carbonyl (C=O) groups excluding carboxylic acids is 3. The fourth-order valence-corrected chi connectivity index (χ4v) is 2.56. The number of imide groups is 1. The van der Waals surface area contributed by atoms with Crippen molar-refractivity contribution in [1.82, 2.24) is 5.32 Å². The first kappa shape index (κ1) is 19.9. The van der Waals surface area contributed by atoms with Gasteiger partial charge in [0, 0.05) is 17.7 Å². The Kier molecular flexibility index (Phi) is 6.78. The van der Waals surface area contributed by atoms with Crippen LogP contribution in [0.5, 0.6) is 0 Å². The molecule has 0 saturated heterocycles. The quantitative estimate of drug-likeness (QED) is 0.597. The Morgan fingerprint density at radius 2 is 1.55 bits per heavy atom. The van der Waals surface area contributed by atoms with Crippen LogP contribution in [0.25, 0.3) is 11.3 Å². The van der Waals surface area contributed by atoms with Crippen LogP contribution in [0.15, 0.2) is 77.2 Å². The van der Waals surface area contributed by atoms with Crippen molar-refractivity contribution in [3.05, 3.63) is 78.6 Å². The van der Waals surface area contributed by atoms with Gasteiger partial charge in [-0.25, -0.2) is 4.79 Å². The Hall–Kier alpha value is -3.87. The van der Waals surface area contributed by atoms with E-state index in [-0.39, 0.29) is 6.42 Å². The number of anilines is 1. The SMILES string of the molecule is O=C(COC(=O)CCc1ccc(-c2ccccc2)o1)NC(=O)Nc1ccccc1. The van der Waals surface area contributed by atoms with E-state index in [4.69, 9.17) is 9.15 Å². The Morgan fingerprint density at radius 1 is 0.862 bits per heavy atom. The van der Waals surface area contributed by atoms with E-state index in [1.807, 2.05) is 36.4 Å². The molecular formula is C22H20N2O5. The molecule has 3 rings (SSSR count). The van der Waals surface area contributed by atoms with Crippen molar-refractivity contribution in [2.45, 2.75) is 12.8 Å². The van der Waals surface area contributed by atoms with Gasteiger partial charge in [0.2, 0.25) is 0 Å². The molecule has 3 amide bonds. The van der Waals surface area contributed by atoms with Gasteiger partial charge in [0.05, 0.1) is 6.42 Å². The second-order valence-electron chi connectivity index (χ2n) is 6.16. The fraction of sp³-hybridized carbons (Fsp3) is 0.136. The predicted molar refractivity (Wildman–Crippen MR) is 107 cm³/mol. The smallest absolute Gasteiger partial charge is 0.325 e. The van der Waals surface area contributed by atoms with Crippen LogP contribution in [0, 0.1) is 0 Å². The van der Waals surface area contributed by atoms with E-state index in [9.17, 15) is 14.4 Å². The molecule has 2 N–H and O–H groups in total. The molecule has 1 heterocycles. The van der Waals surface area contributed by atoms with Crippen LogP contribution in [-0.2, 0) is 20.7 Å². The molecule has 0 aliphatic carbocycles. The summed E-state index contributed by atoms with van der Waals surface area (Å²) < 4.78 is 10.6. The van der Waals surface area contributed by atoms with E-state index in [2.05, 4.69) is 10.6 Å². The highest BCUT2D eigenvalue weighted by molar-refractivity contribution is 6.01. The summed E-state index contributed by atoms with van der Waals surface area (Å²) in [5.74, 6) is 0.0997. The van der Waals surface area contributed by atoms with Crippen LogP contribution in [-0.4, -0.2) is 24.5 Å². The zero-order chi connectivity index (χ0) is 20.5. The third-order valence-electron chi connectivity index (χ3n) is 3.94. The molecule has 0 unspecified atom stereocenters. The average Bonchev–Trinajstić information content (AvgIpc) is 3.21. The molecule has 3 aromatic rings. The van der Waals surface area contributed by atoms with Crippen molar-refractivity contribution < 1.29 is 23.5 Å². The summed E-state index contributed by atoms with van der Waals surface area (Å²) >= 11 is 0. The van der Waals surface area contributed by atoms with E-state index >= 15 is 0 Å². The van der Waals surface area contributed by atoms with E-state index in [1.54, 1.807) is 36.4 Å². The molecular weight excluding hydrogens is 372 g/mol. The van der Waals surface area contributed by atoms with E-state index in [0.29, 0.717) is 17.9 Å². The molecule has 0 radical (unpaired) electrons. The zero-order valence-electron chi connectivity index (χ0n) is 15.6. The Labute approximate surface area is 167 Å². The van der Waals surface area contributed by atoms with Gasteiger partial charge in [0.1, 0.15) is 11.5 Å². The van der Waals surface area contributed by atoms with Gasteiger partial charge in [0.15, 0.2) is 6.61 Å². The number of nitrogens with one attached hydrogen (secondary N) is 2. The minimum atomic E-state index is -0.712. The summed E-state index contributed by atoms with van der Waals surface area (Å²) in [7, 11) is 0. The lowest BCUT2D eigenvalue weighted by atomic mass is 10.2. The molecule has 7 heteroatoms. The van der Waals surface area contributed by atoms with Gasteiger partial charge in [-0.3, -0.25) is 14.9 Å². The van der Waals surface area contributed by atoms with Crippen molar-refractivity contribution in [2.24, 2.45) is 0 Å². The molecule has 0 bridgehead atoms. The zero-order valence-corrected chi connectivity index (χ0v) is 15.6. The van der Waals surface area contributed by atoms with Crippen molar-refractivity contribution in [3.63, 3.8) is 0 Å².